The molecule has 2 aliphatic rings. The van der Waals surface area contributed by atoms with Crippen LogP contribution in [-0.2, 0) is 19.1 Å². The quantitative estimate of drug-likeness (QED) is 0.384. The Labute approximate surface area is 151 Å². The number of thiocarbonyl (C=S) groups is 2. The van der Waals surface area contributed by atoms with E-state index in [0.29, 0.717) is 0 Å². The lowest BCUT2D eigenvalue weighted by Crippen LogP contribution is -2.65. The molecular formula is C14H20N4O4S2. The first-order valence-electron chi connectivity index (χ1n) is 7.22. The van der Waals surface area contributed by atoms with E-state index in [1.807, 2.05) is 6.92 Å². The molecule has 0 aliphatic carbocycles. The summed E-state index contributed by atoms with van der Waals surface area (Å²) in [7, 11) is 4.68. The summed E-state index contributed by atoms with van der Waals surface area (Å²) in [5, 5.41) is 0.507. The average Bonchev–Trinajstić information content (AvgIpc) is 2.74. The second kappa shape index (κ2) is 5.62. The Bertz CT molecular complexity index is 669. The lowest BCUT2D eigenvalue weighted by atomic mass is 9.95. The molecule has 2 aliphatic heterocycles. The minimum atomic E-state index is -1.18. The van der Waals surface area contributed by atoms with Crippen LogP contribution in [0.15, 0.2) is 0 Å². The van der Waals surface area contributed by atoms with E-state index in [1.165, 1.54) is 23.8 Å². The number of amides is 2. The van der Waals surface area contributed by atoms with Gasteiger partial charge in [0.2, 0.25) is 11.8 Å². The highest BCUT2D eigenvalue weighted by atomic mass is 32.1. The van der Waals surface area contributed by atoms with Crippen molar-refractivity contribution in [1.29, 1.82) is 0 Å². The van der Waals surface area contributed by atoms with Crippen LogP contribution in [0.2, 0.25) is 0 Å². The van der Waals surface area contributed by atoms with Crippen molar-refractivity contribution >= 4 is 52.4 Å². The number of hydrogen-bond donors (Lipinski definition) is 0. The molecule has 2 heterocycles. The lowest BCUT2D eigenvalue weighted by Gasteiger charge is -2.43. The maximum atomic E-state index is 12.8. The minimum absolute atomic E-state index is 0.217. The number of methoxy groups -OCH3 is 1. The molecule has 2 atom stereocenters. The Morgan fingerprint density at radius 2 is 1.46 bits per heavy atom. The third-order valence-electron chi connectivity index (χ3n) is 5.12. The van der Waals surface area contributed by atoms with Crippen molar-refractivity contribution in [1.82, 2.24) is 19.6 Å². The number of likely N-dealkylation sites (N-methyl/N-ethyl adjacent to an activating group) is 2. The summed E-state index contributed by atoms with van der Waals surface area (Å²) in [5.74, 6) is -1.53. The molecule has 0 spiro atoms. The van der Waals surface area contributed by atoms with Crippen molar-refractivity contribution in [2.24, 2.45) is 0 Å². The number of nitrogens with zero attached hydrogens (tertiary/aromatic N) is 4. The normalized spacial score (nSPS) is 29.2. The molecule has 2 fully saturated rings. The van der Waals surface area contributed by atoms with Crippen LogP contribution in [0, 0.1) is 0 Å². The van der Waals surface area contributed by atoms with Crippen LogP contribution in [0.1, 0.15) is 27.2 Å². The highest BCUT2D eigenvalue weighted by Crippen LogP contribution is 2.50. The van der Waals surface area contributed by atoms with Crippen molar-refractivity contribution < 1.29 is 19.1 Å². The number of rotatable bonds is 2. The molecular weight excluding hydrogens is 352 g/mol. The Balaban J connectivity index is 2.63. The summed E-state index contributed by atoms with van der Waals surface area (Å²) < 4.78 is 4.57. The Hall–Kier alpha value is -1.81. The molecule has 0 aromatic heterocycles. The molecule has 8 nitrogen and oxygen atoms in total. The number of carbonyl (C=O) groups is 3. The van der Waals surface area contributed by atoms with Gasteiger partial charge in [0.15, 0.2) is 21.6 Å². The Kier molecular flexibility index (Phi) is 4.34. The fourth-order valence-corrected chi connectivity index (χ4v) is 4.44. The van der Waals surface area contributed by atoms with E-state index in [0.717, 1.165) is 0 Å². The largest absolute Gasteiger partial charge is 0.469 e. The predicted molar refractivity (Wildman–Crippen MR) is 93.5 cm³/mol. The Morgan fingerprint density at radius 1 is 1.00 bits per heavy atom. The summed E-state index contributed by atoms with van der Waals surface area (Å²) in [4.78, 5) is 42.7. The summed E-state index contributed by atoms with van der Waals surface area (Å²) >= 11 is 10.8. The molecule has 2 saturated heterocycles. The van der Waals surface area contributed by atoms with Gasteiger partial charge in [-0.25, -0.2) is 0 Å². The number of hydrogen-bond acceptors (Lipinski definition) is 6. The second-order valence-electron chi connectivity index (χ2n) is 6.06. The number of fused-ring (bicyclic) bond motifs is 1. The van der Waals surface area contributed by atoms with E-state index in [4.69, 9.17) is 24.4 Å². The first-order valence-corrected chi connectivity index (χ1v) is 8.04. The molecule has 0 saturated carbocycles. The molecule has 0 aromatic carbocycles. The van der Waals surface area contributed by atoms with Gasteiger partial charge >= 0.3 is 5.97 Å². The number of carbonyl (C=O) groups excluding carboxylic acids is 3. The van der Waals surface area contributed by atoms with Gasteiger partial charge in [-0.05, 0) is 38.3 Å². The SMILES string of the molecule is COC(=O)CC(=O)N1C(=S)N(C)[C@]2(C)N(C)C(=S)N(C(C)=O)[C@]12C. The zero-order valence-corrected chi connectivity index (χ0v) is 16.1. The van der Waals surface area contributed by atoms with E-state index in [2.05, 4.69) is 4.74 Å². The van der Waals surface area contributed by atoms with E-state index in [-0.39, 0.29) is 16.1 Å². The zero-order valence-electron chi connectivity index (χ0n) is 14.4. The van der Waals surface area contributed by atoms with Crippen LogP contribution in [0.25, 0.3) is 0 Å². The lowest BCUT2D eigenvalue weighted by molar-refractivity contribution is -0.150. The minimum Gasteiger partial charge on any atom is -0.469 e. The highest BCUT2D eigenvalue weighted by Gasteiger charge is 2.72. The molecule has 0 unspecified atom stereocenters. The van der Waals surface area contributed by atoms with Crippen molar-refractivity contribution in [3.63, 3.8) is 0 Å². The summed E-state index contributed by atoms with van der Waals surface area (Å²) in [6.45, 7) is 4.94. The number of ether oxygens (including phenoxy) is 1. The number of esters is 1. The molecule has 0 bridgehead atoms. The van der Waals surface area contributed by atoms with Gasteiger partial charge in [0.25, 0.3) is 0 Å². The van der Waals surface area contributed by atoms with Crippen LogP contribution < -0.4 is 0 Å². The third-order valence-corrected chi connectivity index (χ3v) is 6.03. The molecule has 24 heavy (non-hydrogen) atoms. The van der Waals surface area contributed by atoms with E-state index < -0.39 is 29.6 Å². The average molecular weight is 372 g/mol. The monoisotopic (exact) mass is 372 g/mol. The van der Waals surface area contributed by atoms with Crippen molar-refractivity contribution in [3.05, 3.63) is 0 Å². The summed E-state index contributed by atoms with van der Waals surface area (Å²) in [6.07, 6.45) is -0.474. The first-order chi connectivity index (χ1) is 11.0. The fraction of sp³-hybridized carbons (Fsp3) is 0.643. The van der Waals surface area contributed by atoms with E-state index in [9.17, 15) is 14.4 Å². The standard InChI is InChI=1S/C14H20N4O4S2/c1-8(19)17-11(23)15(4)13(2)14(17,3)18(12(24)16(13)5)9(20)7-10(21)22-6/h7H2,1-6H3/t13-,14+/m0/s1. The first kappa shape index (κ1) is 18.5. The Morgan fingerprint density at radius 3 is 1.88 bits per heavy atom. The molecule has 2 amide bonds. The fourth-order valence-electron chi connectivity index (χ4n) is 3.49. The van der Waals surface area contributed by atoms with Crippen LogP contribution in [0.4, 0.5) is 0 Å². The van der Waals surface area contributed by atoms with Crippen molar-refractivity contribution in [2.45, 2.75) is 38.5 Å². The van der Waals surface area contributed by atoms with Gasteiger partial charge in [0.1, 0.15) is 6.42 Å². The highest BCUT2D eigenvalue weighted by molar-refractivity contribution is 7.80. The molecule has 10 heteroatoms. The summed E-state index contributed by atoms with van der Waals surface area (Å²) in [6, 6.07) is 0. The van der Waals surface area contributed by atoms with Gasteiger partial charge in [-0.15, -0.1) is 0 Å². The van der Waals surface area contributed by atoms with Gasteiger partial charge < -0.3 is 14.5 Å². The van der Waals surface area contributed by atoms with Crippen LogP contribution in [0.5, 0.6) is 0 Å². The maximum Gasteiger partial charge on any atom is 0.315 e. The molecule has 0 radical (unpaired) electrons. The molecule has 0 aromatic rings. The maximum absolute atomic E-state index is 12.8. The molecule has 132 valence electrons. The molecule has 2 rings (SSSR count). The van der Waals surface area contributed by atoms with Crippen LogP contribution >= 0.6 is 24.4 Å². The third kappa shape index (κ3) is 1.99. The topological polar surface area (TPSA) is 73.4 Å². The van der Waals surface area contributed by atoms with E-state index >= 15 is 0 Å². The van der Waals surface area contributed by atoms with Crippen molar-refractivity contribution in [3.8, 4) is 0 Å². The molecule has 0 N–H and O–H groups in total. The van der Waals surface area contributed by atoms with Gasteiger partial charge in [-0.1, -0.05) is 0 Å². The van der Waals surface area contributed by atoms with Crippen LogP contribution in [0.3, 0.4) is 0 Å². The van der Waals surface area contributed by atoms with Gasteiger partial charge in [0.05, 0.1) is 7.11 Å². The van der Waals surface area contributed by atoms with Gasteiger partial charge in [0, 0.05) is 21.0 Å². The summed E-state index contributed by atoms with van der Waals surface area (Å²) in [5.41, 5.74) is -2.04. The van der Waals surface area contributed by atoms with E-state index in [1.54, 1.807) is 30.8 Å². The smallest absolute Gasteiger partial charge is 0.315 e. The zero-order chi connectivity index (χ0) is 18.6. The van der Waals surface area contributed by atoms with Gasteiger partial charge in [-0.3, -0.25) is 24.2 Å². The second-order valence-corrected chi connectivity index (χ2v) is 6.79. The predicted octanol–water partition coefficient (Wildman–Crippen LogP) is 0.120. The van der Waals surface area contributed by atoms with Crippen LogP contribution in [-0.4, -0.2) is 80.1 Å². The van der Waals surface area contributed by atoms with Gasteiger partial charge in [-0.2, -0.15) is 0 Å². The van der Waals surface area contributed by atoms with Crippen molar-refractivity contribution in [2.75, 3.05) is 21.2 Å².